The summed E-state index contributed by atoms with van der Waals surface area (Å²) in [5.74, 6) is 0. The fourth-order valence-electron chi connectivity index (χ4n) is 1.25. The van der Waals surface area contributed by atoms with Gasteiger partial charge < -0.3 is 1.43 Å². The minimum absolute atomic E-state index is 0. The van der Waals surface area contributed by atoms with E-state index in [9.17, 15) is 8.42 Å². The number of halogens is 1. The number of benzene rings is 1. The summed E-state index contributed by atoms with van der Waals surface area (Å²) < 4.78 is 30.7. The van der Waals surface area contributed by atoms with Crippen molar-refractivity contribution in [2.24, 2.45) is 0 Å². The van der Waals surface area contributed by atoms with Crippen molar-refractivity contribution in [3.8, 4) is 0 Å². The van der Waals surface area contributed by atoms with Crippen LogP contribution in [0.1, 0.15) is 1.43 Å². The van der Waals surface area contributed by atoms with Gasteiger partial charge in [0.2, 0.25) is 0 Å². The number of rotatable bonds is 1. The van der Waals surface area contributed by atoms with Crippen LogP contribution in [0, 0.1) is 0 Å². The van der Waals surface area contributed by atoms with E-state index in [2.05, 4.69) is 4.98 Å². The van der Waals surface area contributed by atoms with Gasteiger partial charge >= 0.3 is 29.6 Å². The van der Waals surface area contributed by atoms with Crippen LogP contribution in [0.5, 0.6) is 0 Å². The number of hydrogen-bond acceptors (Lipinski definition) is 3. The summed E-state index contributed by atoms with van der Waals surface area (Å²) in [6.07, 6.45) is 0. The van der Waals surface area contributed by atoms with E-state index in [-0.39, 0.29) is 41.0 Å². The Kier molecular flexibility index (Phi) is 4.34. The Morgan fingerprint density at radius 1 is 1.31 bits per heavy atom. The first-order valence-electron chi connectivity index (χ1n) is 4.01. The van der Waals surface area contributed by atoms with Crippen LogP contribution in [-0.4, -0.2) is 18.0 Å². The third kappa shape index (κ3) is 2.74. The molecule has 16 heavy (non-hydrogen) atoms. The van der Waals surface area contributed by atoms with E-state index in [1.165, 1.54) is 6.07 Å². The Bertz CT molecular complexity index is 635. The molecule has 0 radical (unpaired) electrons. The summed E-state index contributed by atoms with van der Waals surface area (Å²) in [4.78, 5) is 3.50. The first-order valence-corrected chi connectivity index (χ1v) is 5.83. The second kappa shape index (κ2) is 5.00. The molecule has 0 saturated heterocycles. The quantitative estimate of drug-likeness (QED) is 0.420. The Balaban J connectivity index is 0.00000128. The van der Waals surface area contributed by atoms with Gasteiger partial charge in [-0.05, 0) is 12.1 Å². The molecule has 1 aromatic carbocycles. The van der Waals surface area contributed by atoms with Crippen molar-refractivity contribution in [3.05, 3.63) is 35.5 Å². The first kappa shape index (κ1) is 13.9. The smallest absolute Gasteiger partial charge is 1.00 e. The summed E-state index contributed by atoms with van der Waals surface area (Å²) in [6, 6.07) is 8.19. The van der Waals surface area contributed by atoms with Crippen molar-refractivity contribution in [3.63, 3.8) is 0 Å². The van der Waals surface area contributed by atoms with Gasteiger partial charge in [0.25, 0.3) is 10.1 Å². The van der Waals surface area contributed by atoms with Crippen molar-refractivity contribution in [2.45, 2.75) is 4.90 Å². The van der Waals surface area contributed by atoms with Crippen molar-refractivity contribution >= 4 is 32.6 Å². The fraction of sp³-hybridized carbons (Fsp3) is 0. The molecule has 4 nitrogen and oxygen atoms in total. The molecular formula is C9H7ClNNaO3S. The average molecular weight is 268 g/mol. The van der Waals surface area contributed by atoms with E-state index in [0.29, 0.717) is 10.9 Å². The van der Waals surface area contributed by atoms with Crippen LogP contribution in [-0.2, 0) is 10.1 Å². The molecule has 0 amide bonds. The molecule has 0 saturated carbocycles. The van der Waals surface area contributed by atoms with Gasteiger partial charge in [-0.1, -0.05) is 29.8 Å². The predicted molar refractivity (Wildman–Crippen MR) is 57.7 cm³/mol. The molecule has 0 aliphatic carbocycles. The van der Waals surface area contributed by atoms with E-state index < -0.39 is 10.1 Å². The molecule has 1 N–H and O–H groups in total. The SMILES string of the molecule is O=S(=O)(O)c1cc2ccccc2nc1Cl.[H-].[Na+]. The number of pyridine rings is 1. The van der Waals surface area contributed by atoms with E-state index >= 15 is 0 Å². The Morgan fingerprint density at radius 2 is 1.94 bits per heavy atom. The minimum atomic E-state index is -4.32. The van der Waals surface area contributed by atoms with E-state index in [4.69, 9.17) is 16.2 Å². The maximum Gasteiger partial charge on any atom is 1.00 e. The Morgan fingerprint density at radius 3 is 2.56 bits per heavy atom. The molecule has 0 spiro atoms. The number of fused-ring (bicyclic) bond motifs is 1. The molecule has 0 unspecified atom stereocenters. The Hall–Kier alpha value is -0.170. The van der Waals surface area contributed by atoms with Crippen molar-refractivity contribution in [2.75, 3.05) is 0 Å². The molecule has 0 aliphatic heterocycles. The topological polar surface area (TPSA) is 67.3 Å². The van der Waals surface area contributed by atoms with Gasteiger partial charge in [-0.3, -0.25) is 4.55 Å². The molecule has 2 aromatic rings. The van der Waals surface area contributed by atoms with Gasteiger partial charge in [-0.25, -0.2) is 4.98 Å². The van der Waals surface area contributed by atoms with Gasteiger partial charge in [-0.15, -0.1) is 0 Å². The van der Waals surface area contributed by atoms with Crippen LogP contribution >= 0.6 is 11.6 Å². The molecule has 0 bridgehead atoms. The fourth-order valence-corrected chi connectivity index (χ4v) is 2.23. The summed E-state index contributed by atoms with van der Waals surface area (Å²) in [6.45, 7) is 0. The van der Waals surface area contributed by atoms with Gasteiger partial charge in [-0.2, -0.15) is 8.42 Å². The zero-order valence-corrected chi connectivity index (χ0v) is 12.0. The normalized spacial score (nSPS) is 11.1. The van der Waals surface area contributed by atoms with Crippen LogP contribution in [0.15, 0.2) is 35.2 Å². The van der Waals surface area contributed by atoms with E-state index in [1.807, 2.05) is 0 Å². The van der Waals surface area contributed by atoms with Crippen molar-refractivity contribution in [1.82, 2.24) is 4.98 Å². The van der Waals surface area contributed by atoms with Crippen LogP contribution in [0.25, 0.3) is 10.9 Å². The third-order valence-corrected chi connectivity index (χ3v) is 3.19. The Labute approximate surface area is 121 Å². The zero-order valence-electron chi connectivity index (χ0n) is 9.38. The summed E-state index contributed by atoms with van der Waals surface area (Å²) >= 11 is 5.64. The van der Waals surface area contributed by atoms with Gasteiger partial charge in [0.15, 0.2) is 5.15 Å². The molecule has 2 rings (SSSR count). The maximum atomic E-state index is 10.9. The standard InChI is InChI=1S/C9H6ClNO3S.Na.H/c10-9-8(15(12,13)14)5-6-3-1-2-4-7(6)11-9;;/h1-5H,(H,12,13,14);;/q;+1;-1. The average Bonchev–Trinajstić information content (AvgIpc) is 2.15. The van der Waals surface area contributed by atoms with Gasteiger partial charge in [0, 0.05) is 5.39 Å². The largest absolute Gasteiger partial charge is 1.00 e. The van der Waals surface area contributed by atoms with Crippen molar-refractivity contribution in [1.29, 1.82) is 0 Å². The van der Waals surface area contributed by atoms with E-state index in [0.717, 1.165) is 0 Å². The molecule has 80 valence electrons. The summed E-state index contributed by atoms with van der Waals surface area (Å²) in [7, 11) is -4.32. The molecule has 7 heteroatoms. The van der Waals surface area contributed by atoms with Gasteiger partial charge in [0.1, 0.15) is 4.90 Å². The molecule has 0 atom stereocenters. The molecule has 1 aromatic heterocycles. The van der Waals surface area contributed by atoms with Crippen LogP contribution in [0.2, 0.25) is 5.15 Å². The zero-order chi connectivity index (χ0) is 11.1. The number of hydrogen-bond donors (Lipinski definition) is 1. The summed E-state index contributed by atoms with van der Waals surface area (Å²) in [5, 5.41) is 0.380. The number of nitrogens with zero attached hydrogens (tertiary/aromatic N) is 1. The van der Waals surface area contributed by atoms with E-state index in [1.54, 1.807) is 24.3 Å². The molecular weight excluding hydrogens is 261 g/mol. The second-order valence-corrected chi connectivity index (χ2v) is 4.69. The first-order chi connectivity index (χ1) is 6.98. The minimum Gasteiger partial charge on any atom is -1.00 e. The van der Waals surface area contributed by atoms with Crippen LogP contribution < -0.4 is 29.6 Å². The number of para-hydroxylation sites is 1. The number of aromatic nitrogens is 1. The third-order valence-electron chi connectivity index (χ3n) is 1.92. The van der Waals surface area contributed by atoms with Crippen LogP contribution in [0.4, 0.5) is 0 Å². The summed E-state index contributed by atoms with van der Waals surface area (Å²) in [5.41, 5.74) is 0.579. The molecule has 0 fully saturated rings. The predicted octanol–water partition coefficient (Wildman–Crippen LogP) is -0.749. The van der Waals surface area contributed by atoms with Crippen molar-refractivity contribution < 1.29 is 44.0 Å². The monoisotopic (exact) mass is 267 g/mol. The van der Waals surface area contributed by atoms with Crippen LogP contribution in [0.3, 0.4) is 0 Å². The molecule has 0 aliphatic rings. The molecule has 1 heterocycles. The second-order valence-electron chi connectivity index (χ2n) is 2.95. The maximum absolute atomic E-state index is 10.9. The van der Waals surface area contributed by atoms with Gasteiger partial charge in [0.05, 0.1) is 5.52 Å².